The van der Waals surface area contributed by atoms with Gasteiger partial charge < -0.3 is 10.6 Å². The fourth-order valence-corrected chi connectivity index (χ4v) is 5.19. The lowest BCUT2D eigenvalue weighted by atomic mass is 9.72. The molecule has 2 aromatic heterocycles. The van der Waals surface area contributed by atoms with Gasteiger partial charge in [0.15, 0.2) is 0 Å². The minimum atomic E-state index is -0.622. The summed E-state index contributed by atoms with van der Waals surface area (Å²) in [7, 11) is 0. The van der Waals surface area contributed by atoms with Crippen LogP contribution in [0, 0.1) is 12.3 Å². The number of nitrogens with zero attached hydrogens (tertiary/aromatic N) is 3. The van der Waals surface area contributed by atoms with Crippen LogP contribution in [0.2, 0.25) is 0 Å². The van der Waals surface area contributed by atoms with Crippen molar-refractivity contribution in [2.24, 2.45) is 11.1 Å². The number of carbonyl (C=O) groups is 2. The number of hydrogen-bond donors (Lipinski definition) is 1. The van der Waals surface area contributed by atoms with Crippen LogP contribution in [0.1, 0.15) is 30.5 Å². The topological polar surface area (TPSA) is 81.2 Å². The molecule has 1 aromatic carbocycles. The monoisotopic (exact) mass is 436 g/mol. The molecular formula is C24H28N4O2S. The van der Waals surface area contributed by atoms with Crippen molar-refractivity contribution in [3.05, 3.63) is 65.3 Å². The van der Waals surface area contributed by atoms with Crippen molar-refractivity contribution >= 4 is 23.2 Å². The van der Waals surface area contributed by atoms with Crippen molar-refractivity contribution < 1.29 is 9.59 Å². The summed E-state index contributed by atoms with van der Waals surface area (Å²) >= 11 is 1.69. The molecule has 1 fully saturated rings. The molecule has 1 saturated heterocycles. The number of hydrogen-bond acceptors (Lipinski definition) is 4. The Kier molecular flexibility index (Phi) is 6.23. The number of piperidine rings is 1. The van der Waals surface area contributed by atoms with Crippen LogP contribution >= 0.6 is 11.3 Å². The van der Waals surface area contributed by atoms with E-state index in [1.54, 1.807) is 17.5 Å². The number of primary amides is 1. The van der Waals surface area contributed by atoms with E-state index < -0.39 is 5.41 Å². The van der Waals surface area contributed by atoms with E-state index in [2.05, 4.69) is 28.7 Å². The molecule has 0 unspecified atom stereocenters. The van der Waals surface area contributed by atoms with Gasteiger partial charge in [-0.05, 0) is 54.8 Å². The van der Waals surface area contributed by atoms with Gasteiger partial charge in [0.05, 0.1) is 5.41 Å². The first kappa shape index (κ1) is 21.3. The third-order valence-electron chi connectivity index (χ3n) is 6.40. The minimum absolute atomic E-state index is 0.104. The van der Waals surface area contributed by atoms with Crippen LogP contribution in [0.3, 0.4) is 0 Å². The summed E-state index contributed by atoms with van der Waals surface area (Å²) in [5.74, 6) is -0.167. The minimum Gasteiger partial charge on any atom is -0.369 e. The Morgan fingerprint density at radius 1 is 1.13 bits per heavy atom. The van der Waals surface area contributed by atoms with Crippen LogP contribution in [-0.4, -0.2) is 39.6 Å². The second kappa shape index (κ2) is 9.06. The molecule has 0 radical (unpaired) electrons. The van der Waals surface area contributed by atoms with E-state index in [0.717, 1.165) is 16.8 Å². The van der Waals surface area contributed by atoms with Crippen LogP contribution in [0.15, 0.2) is 54.0 Å². The maximum atomic E-state index is 12.7. The quantitative estimate of drug-likeness (QED) is 0.614. The van der Waals surface area contributed by atoms with Crippen LogP contribution < -0.4 is 5.73 Å². The second-order valence-corrected chi connectivity index (χ2v) is 9.23. The molecular weight excluding hydrogens is 408 g/mol. The number of rotatable bonds is 7. The average molecular weight is 437 g/mol. The highest BCUT2D eigenvalue weighted by molar-refractivity contribution is 7.13. The Labute approximate surface area is 186 Å². The molecule has 162 valence electrons. The molecule has 1 aliphatic heterocycles. The Hall–Kier alpha value is -2.93. The molecule has 31 heavy (non-hydrogen) atoms. The number of carbonyl (C=O) groups excluding carboxylic acids is 2. The highest BCUT2D eigenvalue weighted by Gasteiger charge is 2.41. The van der Waals surface area contributed by atoms with Gasteiger partial charge in [-0.1, -0.05) is 30.3 Å². The molecule has 6 nitrogen and oxygen atoms in total. The van der Waals surface area contributed by atoms with Gasteiger partial charge in [-0.2, -0.15) is 5.10 Å². The zero-order valence-corrected chi connectivity index (χ0v) is 18.6. The fraction of sp³-hybridized carbons (Fsp3) is 0.375. The Balaban J connectivity index is 1.43. The van der Waals surface area contributed by atoms with Crippen LogP contribution in [-0.2, 0) is 22.6 Å². The standard InChI is InChI=1S/C24H28N4O2S/c1-18-8-12-26-28(18)13-9-22(29)27-14-10-24(11-15-27,23(25)30)17-19-5-2-3-6-20(19)21-7-4-16-31-21/h2-8,12,16H,9-11,13-15,17H2,1H3,(H2,25,30). The predicted molar refractivity (Wildman–Crippen MR) is 122 cm³/mol. The molecule has 2 amide bonds. The molecule has 3 heterocycles. The molecule has 2 N–H and O–H groups in total. The van der Waals surface area contributed by atoms with Gasteiger partial charge in [0.25, 0.3) is 0 Å². The third kappa shape index (κ3) is 4.56. The van der Waals surface area contributed by atoms with Gasteiger partial charge in [0.1, 0.15) is 0 Å². The van der Waals surface area contributed by atoms with E-state index in [1.807, 2.05) is 40.8 Å². The number of thiophene rings is 1. The number of aromatic nitrogens is 2. The largest absolute Gasteiger partial charge is 0.369 e. The first-order chi connectivity index (χ1) is 15.0. The summed E-state index contributed by atoms with van der Waals surface area (Å²) in [6.45, 7) is 3.67. The Morgan fingerprint density at radius 3 is 2.55 bits per heavy atom. The molecule has 0 bridgehead atoms. The zero-order valence-electron chi connectivity index (χ0n) is 17.8. The summed E-state index contributed by atoms with van der Waals surface area (Å²) in [5, 5.41) is 6.30. The molecule has 0 atom stereocenters. The smallest absolute Gasteiger partial charge is 0.224 e. The summed E-state index contributed by atoms with van der Waals surface area (Å²) in [6.07, 6.45) is 3.94. The highest BCUT2D eigenvalue weighted by Crippen LogP contribution is 2.38. The molecule has 0 aliphatic carbocycles. The zero-order chi connectivity index (χ0) is 21.8. The molecule has 7 heteroatoms. The Morgan fingerprint density at radius 2 is 1.90 bits per heavy atom. The van der Waals surface area contributed by atoms with Crippen molar-refractivity contribution in [2.75, 3.05) is 13.1 Å². The van der Waals surface area contributed by atoms with Gasteiger partial charge in [-0.15, -0.1) is 11.3 Å². The maximum absolute atomic E-state index is 12.7. The third-order valence-corrected chi connectivity index (χ3v) is 7.30. The van der Waals surface area contributed by atoms with E-state index in [4.69, 9.17) is 5.73 Å². The van der Waals surface area contributed by atoms with E-state index in [0.29, 0.717) is 45.3 Å². The van der Waals surface area contributed by atoms with Crippen molar-refractivity contribution in [3.63, 3.8) is 0 Å². The van der Waals surface area contributed by atoms with Crippen molar-refractivity contribution in [1.29, 1.82) is 0 Å². The lowest BCUT2D eigenvalue weighted by Gasteiger charge is -2.40. The van der Waals surface area contributed by atoms with Gasteiger partial charge in [-0.3, -0.25) is 14.3 Å². The van der Waals surface area contributed by atoms with Gasteiger partial charge in [0.2, 0.25) is 11.8 Å². The van der Waals surface area contributed by atoms with Gasteiger partial charge in [0, 0.05) is 42.8 Å². The van der Waals surface area contributed by atoms with Gasteiger partial charge >= 0.3 is 0 Å². The molecule has 0 spiro atoms. The van der Waals surface area contributed by atoms with Crippen molar-refractivity contribution in [3.8, 4) is 10.4 Å². The average Bonchev–Trinajstić information content (AvgIpc) is 3.45. The lowest BCUT2D eigenvalue weighted by molar-refractivity contribution is -0.139. The van der Waals surface area contributed by atoms with Gasteiger partial charge in [-0.25, -0.2) is 0 Å². The summed E-state index contributed by atoms with van der Waals surface area (Å²) in [4.78, 5) is 28.4. The van der Waals surface area contributed by atoms with Crippen LogP contribution in [0.4, 0.5) is 0 Å². The fourth-order valence-electron chi connectivity index (χ4n) is 4.40. The second-order valence-electron chi connectivity index (χ2n) is 8.28. The number of nitrogens with two attached hydrogens (primary N) is 1. The maximum Gasteiger partial charge on any atom is 0.224 e. The van der Waals surface area contributed by atoms with Crippen molar-refractivity contribution in [1.82, 2.24) is 14.7 Å². The van der Waals surface area contributed by atoms with Crippen LogP contribution in [0.25, 0.3) is 10.4 Å². The lowest BCUT2D eigenvalue weighted by Crippen LogP contribution is -2.50. The van der Waals surface area contributed by atoms with E-state index >= 15 is 0 Å². The molecule has 3 aromatic rings. The SMILES string of the molecule is Cc1ccnn1CCC(=O)N1CCC(Cc2ccccc2-c2cccs2)(C(N)=O)CC1. The van der Waals surface area contributed by atoms with E-state index in [1.165, 1.54) is 4.88 Å². The highest BCUT2D eigenvalue weighted by atomic mass is 32.1. The normalized spacial score (nSPS) is 15.7. The first-order valence-electron chi connectivity index (χ1n) is 10.7. The van der Waals surface area contributed by atoms with Crippen molar-refractivity contribution in [2.45, 2.75) is 39.2 Å². The predicted octanol–water partition coefficient (Wildman–Crippen LogP) is 3.65. The number of aryl methyl sites for hydroxylation is 2. The van der Waals surface area contributed by atoms with Crippen LogP contribution in [0.5, 0.6) is 0 Å². The van der Waals surface area contributed by atoms with E-state index in [-0.39, 0.29) is 11.8 Å². The number of amides is 2. The molecule has 4 rings (SSSR count). The first-order valence-corrected chi connectivity index (χ1v) is 11.5. The molecule has 0 saturated carbocycles. The summed E-state index contributed by atoms with van der Waals surface area (Å²) < 4.78 is 1.84. The summed E-state index contributed by atoms with van der Waals surface area (Å²) in [6, 6.07) is 14.3. The number of benzene rings is 1. The summed E-state index contributed by atoms with van der Waals surface area (Å²) in [5.41, 5.74) is 8.65. The van der Waals surface area contributed by atoms with E-state index in [9.17, 15) is 9.59 Å². The number of likely N-dealkylation sites (tertiary alicyclic amines) is 1. The molecule has 1 aliphatic rings. The Bertz CT molecular complexity index is 1050.